The predicted octanol–water partition coefficient (Wildman–Crippen LogP) is 1.09. The van der Waals surface area contributed by atoms with Crippen molar-refractivity contribution in [2.45, 2.75) is 0 Å². The Morgan fingerprint density at radius 3 is 2.30 bits per heavy atom. The number of aromatic nitrogens is 3. The molecule has 3 heterocycles. The quantitative estimate of drug-likeness (QED) is 0.237. The van der Waals surface area contributed by atoms with Gasteiger partial charge in [-0.15, -0.1) is 0 Å². The molecule has 3 aromatic rings. The van der Waals surface area contributed by atoms with Gasteiger partial charge in [0.25, 0.3) is 11.2 Å². The zero-order chi connectivity index (χ0) is 26.5. The molecule has 1 atom stereocenters. The van der Waals surface area contributed by atoms with Crippen LogP contribution in [0.15, 0.2) is 64.4 Å². The van der Waals surface area contributed by atoms with Gasteiger partial charge >= 0.3 is 5.69 Å². The number of benzene rings is 1. The number of anilines is 1. The Kier molecular flexibility index (Phi) is 7.77. The molecule has 1 fully saturated rings. The van der Waals surface area contributed by atoms with E-state index in [1.165, 1.54) is 41.9 Å². The van der Waals surface area contributed by atoms with Crippen LogP contribution in [0, 0.1) is 16.0 Å². The van der Waals surface area contributed by atoms with E-state index in [4.69, 9.17) is 4.74 Å². The first-order chi connectivity index (χ1) is 17.7. The van der Waals surface area contributed by atoms with Crippen molar-refractivity contribution in [2.75, 3.05) is 44.2 Å². The SMILES string of the molecule is Cn1c(N2CCN(CC(COc3ccc([N+](=O)[O-])cc3)C(=O)c3ccncc3)CC2)cc(=O)n(C)c1=O. The fraction of sp³-hybridized carbons (Fsp3) is 0.360. The van der Waals surface area contributed by atoms with E-state index in [9.17, 15) is 24.5 Å². The fourth-order valence-electron chi connectivity index (χ4n) is 4.32. The molecule has 0 radical (unpaired) electrons. The Hall–Kier alpha value is -4.32. The molecule has 1 unspecified atom stereocenters. The Morgan fingerprint density at radius 2 is 1.68 bits per heavy atom. The van der Waals surface area contributed by atoms with E-state index in [1.807, 2.05) is 4.90 Å². The maximum absolute atomic E-state index is 13.3. The largest absolute Gasteiger partial charge is 0.493 e. The van der Waals surface area contributed by atoms with Gasteiger partial charge in [0, 0.05) is 83.0 Å². The number of piperazine rings is 1. The van der Waals surface area contributed by atoms with Crippen LogP contribution in [0.1, 0.15) is 10.4 Å². The number of carbonyl (C=O) groups is 1. The number of hydrogen-bond donors (Lipinski definition) is 0. The van der Waals surface area contributed by atoms with Crippen LogP contribution in [0.5, 0.6) is 5.75 Å². The van der Waals surface area contributed by atoms with Gasteiger partial charge in [0.05, 0.1) is 17.4 Å². The van der Waals surface area contributed by atoms with E-state index in [0.717, 1.165) is 4.57 Å². The van der Waals surface area contributed by atoms with Crippen LogP contribution in [0.25, 0.3) is 0 Å². The van der Waals surface area contributed by atoms with Gasteiger partial charge in [0.2, 0.25) is 0 Å². The molecule has 0 amide bonds. The molecular weight excluding hydrogens is 480 g/mol. The molecule has 0 bridgehead atoms. The first-order valence-electron chi connectivity index (χ1n) is 11.8. The van der Waals surface area contributed by atoms with Crippen molar-refractivity contribution in [3.05, 3.63) is 91.4 Å². The lowest BCUT2D eigenvalue weighted by molar-refractivity contribution is -0.384. The van der Waals surface area contributed by atoms with Gasteiger partial charge in [-0.3, -0.25) is 38.7 Å². The second-order valence-electron chi connectivity index (χ2n) is 8.89. The number of carbonyl (C=O) groups excluding carboxylic acids is 1. The molecule has 0 aliphatic carbocycles. The summed E-state index contributed by atoms with van der Waals surface area (Å²) in [5.41, 5.74) is -0.243. The third kappa shape index (κ3) is 5.92. The first kappa shape index (κ1) is 25.8. The van der Waals surface area contributed by atoms with E-state index in [0.29, 0.717) is 49.9 Å². The lowest BCUT2D eigenvalue weighted by Crippen LogP contribution is -2.51. The molecular formula is C25H28N6O6. The maximum Gasteiger partial charge on any atom is 0.332 e. The molecule has 0 N–H and O–H groups in total. The average molecular weight is 509 g/mol. The second-order valence-corrected chi connectivity index (χ2v) is 8.89. The molecule has 1 aliphatic rings. The maximum atomic E-state index is 13.3. The summed E-state index contributed by atoms with van der Waals surface area (Å²) < 4.78 is 8.39. The van der Waals surface area contributed by atoms with Crippen LogP contribution in [0.3, 0.4) is 0 Å². The summed E-state index contributed by atoms with van der Waals surface area (Å²) in [6, 6.07) is 10.5. The molecule has 0 spiro atoms. The number of rotatable bonds is 9. The number of pyridine rings is 1. The van der Waals surface area contributed by atoms with Crippen LogP contribution < -0.4 is 20.9 Å². The van der Waals surface area contributed by atoms with Crippen molar-refractivity contribution in [3.8, 4) is 5.75 Å². The second kappa shape index (κ2) is 11.2. The molecule has 1 aliphatic heterocycles. The van der Waals surface area contributed by atoms with Gasteiger partial charge in [-0.05, 0) is 24.3 Å². The summed E-state index contributed by atoms with van der Waals surface area (Å²) in [7, 11) is 3.09. The minimum atomic E-state index is -0.488. The highest BCUT2D eigenvalue weighted by molar-refractivity contribution is 5.98. The van der Waals surface area contributed by atoms with Gasteiger partial charge in [0.15, 0.2) is 5.78 Å². The summed E-state index contributed by atoms with van der Waals surface area (Å²) in [5.74, 6) is 0.436. The number of ketones is 1. The molecule has 12 nitrogen and oxygen atoms in total. The van der Waals surface area contributed by atoms with Gasteiger partial charge in [-0.1, -0.05) is 0 Å². The zero-order valence-electron chi connectivity index (χ0n) is 20.6. The molecule has 37 heavy (non-hydrogen) atoms. The number of nitrogens with zero attached hydrogens (tertiary/aromatic N) is 6. The van der Waals surface area contributed by atoms with E-state index < -0.39 is 10.8 Å². The first-order valence-corrected chi connectivity index (χ1v) is 11.8. The van der Waals surface area contributed by atoms with Crippen molar-refractivity contribution >= 4 is 17.3 Å². The third-order valence-electron chi connectivity index (χ3n) is 6.51. The smallest absolute Gasteiger partial charge is 0.332 e. The Morgan fingerprint density at radius 1 is 1.03 bits per heavy atom. The van der Waals surface area contributed by atoms with Gasteiger partial charge in [-0.25, -0.2) is 4.79 Å². The predicted molar refractivity (Wildman–Crippen MR) is 136 cm³/mol. The highest BCUT2D eigenvalue weighted by Crippen LogP contribution is 2.20. The Bertz CT molecular complexity index is 1380. The minimum absolute atomic E-state index is 0.0385. The third-order valence-corrected chi connectivity index (χ3v) is 6.51. The van der Waals surface area contributed by atoms with Crippen molar-refractivity contribution in [3.63, 3.8) is 0 Å². The van der Waals surface area contributed by atoms with Crippen LogP contribution in [-0.4, -0.2) is 69.1 Å². The van der Waals surface area contributed by atoms with Crippen molar-refractivity contribution in [1.29, 1.82) is 0 Å². The summed E-state index contributed by atoms with van der Waals surface area (Å²) in [4.78, 5) is 56.3. The highest BCUT2D eigenvalue weighted by Gasteiger charge is 2.27. The molecule has 194 valence electrons. The summed E-state index contributed by atoms with van der Waals surface area (Å²) in [6.45, 7) is 2.96. The Balaban J connectivity index is 1.44. The van der Waals surface area contributed by atoms with Crippen LogP contribution in [0.4, 0.5) is 11.5 Å². The minimum Gasteiger partial charge on any atom is -0.493 e. The van der Waals surface area contributed by atoms with Crippen molar-refractivity contribution < 1.29 is 14.5 Å². The zero-order valence-corrected chi connectivity index (χ0v) is 20.6. The molecule has 0 saturated carbocycles. The highest BCUT2D eigenvalue weighted by atomic mass is 16.6. The van der Waals surface area contributed by atoms with Gasteiger partial charge in [-0.2, -0.15) is 0 Å². The van der Waals surface area contributed by atoms with E-state index in [-0.39, 0.29) is 29.3 Å². The monoisotopic (exact) mass is 508 g/mol. The molecule has 1 saturated heterocycles. The fourth-order valence-corrected chi connectivity index (χ4v) is 4.32. The van der Waals surface area contributed by atoms with Gasteiger partial charge in [0.1, 0.15) is 11.6 Å². The molecule has 1 aromatic carbocycles. The number of non-ortho nitro benzene ring substituents is 1. The van der Waals surface area contributed by atoms with Gasteiger partial charge < -0.3 is 9.64 Å². The van der Waals surface area contributed by atoms with Crippen molar-refractivity contribution in [2.24, 2.45) is 20.0 Å². The average Bonchev–Trinajstić information content (AvgIpc) is 2.92. The lowest BCUT2D eigenvalue weighted by atomic mass is 9.98. The summed E-state index contributed by atoms with van der Waals surface area (Å²) >= 11 is 0. The van der Waals surface area contributed by atoms with E-state index in [1.54, 1.807) is 31.6 Å². The van der Waals surface area contributed by atoms with Crippen LogP contribution in [-0.2, 0) is 14.1 Å². The Labute approximate surface area is 212 Å². The normalized spacial score (nSPS) is 14.8. The van der Waals surface area contributed by atoms with E-state index >= 15 is 0 Å². The number of nitro groups is 1. The summed E-state index contributed by atoms with van der Waals surface area (Å²) in [6.07, 6.45) is 3.13. The molecule has 4 rings (SSSR count). The van der Waals surface area contributed by atoms with Crippen LogP contribution >= 0.6 is 0 Å². The topological polar surface area (TPSA) is 133 Å². The molecule has 12 heteroatoms. The number of hydrogen-bond acceptors (Lipinski definition) is 9. The summed E-state index contributed by atoms with van der Waals surface area (Å²) in [5, 5.41) is 10.9. The molecule has 2 aromatic heterocycles. The number of nitro benzene ring substituents is 1. The standard InChI is InChI=1S/C25H28N6O6/c1-27-22(15-23(32)28(2)25(27)34)30-13-11-29(12-14-30)16-19(24(33)18-7-9-26-10-8-18)17-37-21-5-3-20(4-6-21)31(35)36/h3-10,15,19H,11-14,16-17H2,1-2H3. The van der Waals surface area contributed by atoms with Crippen molar-refractivity contribution in [1.82, 2.24) is 19.0 Å². The van der Waals surface area contributed by atoms with Crippen LogP contribution in [0.2, 0.25) is 0 Å². The number of ether oxygens (including phenoxy) is 1. The van der Waals surface area contributed by atoms with E-state index in [2.05, 4.69) is 9.88 Å². The lowest BCUT2D eigenvalue weighted by Gasteiger charge is -2.37. The number of Topliss-reactive ketones (excluding diaryl/α,β-unsaturated/α-hetero) is 1.